The highest BCUT2D eigenvalue weighted by Gasteiger charge is 2.55. The topological polar surface area (TPSA) is 243 Å². The molecule has 75 heavy (non-hydrogen) atoms. The average molecular weight is 1060 g/mol. The van der Waals surface area contributed by atoms with Crippen molar-refractivity contribution in [1.29, 1.82) is 0 Å². The first-order valence-electron chi connectivity index (χ1n) is 25.9. The largest absolute Gasteiger partial charge is 0.478 e. The van der Waals surface area contributed by atoms with Crippen LogP contribution in [0.2, 0.25) is 0 Å². The molecule has 2 aliphatic heterocycles. The van der Waals surface area contributed by atoms with Gasteiger partial charge in [-0.1, -0.05) is 36.4 Å². The Kier molecular flexibility index (Phi) is 13.8. The summed E-state index contributed by atoms with van der Waals surface area (Å²) >= 11 is 2.93. The van der Waals surface area contributed by atoms with Crippen molar-refractivity contribution >= 4 is 68.3 Å². The molecule has 19 heteroatoms. The van der Waals surface area contributed by atoms with Gasteiger partial charge in [0.2, 0.25) is 0 Å². The summed E-state index contributed by atoms with van der Waals surface area (Å²) in [4.78, 5) is 77.8. The summed E-state index contributed by atoms with van der Waals surface area (Å²) in [6.45, 7) is 13.1. The molecule has 4 aliphatic carbocycles. The highest BCUT2D eigenvalue weighted by atomic mass is 32.1. The van der Waals surface area contributed by atoms with Crippen molar-refractivity contribution in [2.24, 2.45) is 16.6 Å². The number of H-pyrrole nitrogens is 2. The van der Waals surface area contributed by atoms with Crippen LogP contribution in [0.25, 0.3) is 21.5 Å². The first-order chi connectivity index (χ1) is 35.6. The maximum Gasteiger partial charge on any atom is 0.410 e. The van der Waals surface area contributed by atoms with Crippen molar-refractivity contribution < 1.29 is 33.8 Å². The minimum absolute atomic E-state index is 0.00719. The van der Waals surface area contributed by atoms with E-state index in [1.807, 2.05) is 95.5 Å². The number of carbonyl (C=O) groups excluding carboxylic acids is 3. The van der Waals surface area contributed by atoms with E-state index >= 15 is 0 Å². The standard InChI is InChI=1S/C28H32N4O4S.C15H17N3O.C13H17NO4S/c1-27(2,3)36-26(35)32-9-8-18-21(15-37-22(18)14-32)24(33)29-17-12-28(13-17)10-16(11-28)23-19-6-4-5-7-20(19)25(34)31-30-23;16-10-7-15(8-10)5-9(6-15)13-11-3-1-2-4-12(11)14(19)18-17-13;1-13(2,3)18-12(17)14-5-4-8-9(11(15)16)7-19-10(8)6-14/h4-7,15-17H,8-14H2,1-3H3,(H,29,33)(H,31,34);1-4,9-10H,5-8,16H2,(H,18,19);7H,4-6H2,1-3H3,(H,15,16). The number of ether oxygens (including phenoxy) is 2. The van der Waals surface area contributed by atoms with Crippen LogP contribution in [0.3, 0.4) is 0 Å². The van der Waals surface area contributed by atoms with Crippen molar-refractivity contribution in [3.63, 3.8) is 0 Å². The van der Waals surface area contributed by atoms with Crippen LogP contribution >= 0.6 is 22.7 Å². The van der Waals surface area contributed by atoms with E-state index < -0.39 is 17.2 Å². The molecule has 2 aromatic carbocycles. The Hall–Kier alpha value is -6.44. The SMILES string of the molecule is CC(C)(C)OC(=O)N1CCc2c(C(=O)NC3CC4(C3)CC(c3n[nH]c(=O)c5ccccc35)C4)csc2C1.CC(C)(C)OC(=O)N1CCc2c(C(=O)O)csc2C1.NC1CC2(C1)CC(c1n[nH]c(=O)c3ccccc13)C2. The minimum atomic E-state index is -0.900. The predicted molar refractivity (Wildman–Crippen MR) is 288 cm³/mol. The summed E-state index contributed by atoms with van der Waals surface area (Å²) in [5.41, 5.74) is 10.4. The predicted octanol–water partition coefficient (Wildman–Crippen LogP) is 9.38. The lowest BCUT2D eigenvalue weighted by molar-refractivity contribution is -0.0196. The number of aromatic nitrogens is 4. The molecule has 0 bridgehead atoms. The molecule has 6 aliphatic rings. The van der Waals surface area contributed by atoms with Gasteiger partial charge in [0.05, 0.1) is 46.4 Å². The van der Waals surface area contributed by atoms with Gasteiger partial charge in [-0.3, -0.25) is 14.4 Å². The minimum Gasteiger partial charge on any atom is -0.478 e. The molecule has 396 valence electrons. The second-order valence-corrected chi connectivity index (χ2v) is 25.6. The number of nitrogens with zero attached hydrogens (tertiary/aromatic N) is 4. The van der Waals surface area contributed by atoms with Gasteiger partial charge in [-0.2, -0.15) is 10.2 Å². The molecule has 0 atom stereocenters. The van der Waals surface area contributed by atoms with Crippen LogP contribution in [0.5, 0.6) is 0 Å². The number of thiophene rings is 2. The zero-order valence-corrected chi connectivity index (χ0v) is 45.0. The van der Waals surface area contributed by atoms with Crippen LogP contribution in [0.1, 0.15) is 158 Å². The third-order valence-corrected chi connectivity index (χ3v) is 17.7. The lowest BCUT2D eigenvalue weighted by Crippen LogP contribution is -2.55. The number of carboxylic acids is 1. The number of aromatic amines is 2. The van der Waals surface area contributed by atoms with Gasteiger partial charge in [-0.15, -0.1) is 22.7 Å². The molecule has 17 nitrogen and oxygen atoms in total. The summed E-state index contributed by atoms with van der Waals surface area (Å²) in [5.74, 6) is -0.0834. The van der Waals surface area contributed by atoms with Crippen LogP contribution in [-0.2, 0) is 35.4 Å². The van der Waals surface area contributed by atoms with E-state index in [1.54, 1.807) is 26.5 Å². The zero-order valence-electron chi connectivity index (χ0n) is 43.4. The fourth-order valence-electron chi connectivity index (χ4n) is 12.3. The molecule has 2 spiro atoms. The van der Waals surface area contributed by atoms with E-state index in [4.69, 9.17) is 20.3 Å². The highest BCUT2D eigenvalue weighted by molar-refractivity contribution is 7.10. The summed E-state index contributed by atoms with van der Waals surface area (Å²) in [7, 11) is 0. The number of amides is 3. The number of nitrogens with one attached hydrogen (secondary N) is 3. The van der Waals surface area contributed by atoms with Crippen molar-refractivity contribution in [1.82, 2.24) is 35.5 Å². The van der Waals surface area contributed by atoms with Crippen LogP contribution in [0.4, 0.5) is 9.59 Å². The van der Waals surface area contributed by atoms with Gasteiger partial charge in [0.1, 0.15) is 11.2 Å². The molecule has 4 aromatic heterocycles. The summed E-state index contributed by atoms with van der Waals surface area (Å²) in [6, 6.07) is 16.0. The quantitative estimate of drug-likeness (QED) is 0.108. The van der Waals surface area contributed by atoms with Gasteiger partial charge in [0.25, 0.3) is 17.0 Å². The number of nitrogens with two attached hydrogens (primary N) is 1. The van der Waals surface area contributed by atoms with Gasteiger partial charge in [-0.05, 0) is 140 Å². The van der Waals surface area contributed by atoms with E-state index in [9.17, 15) is 28.8 Å². The number of carboxylic acid groups (broad SMARTS) is 1. The lowest BCUT2D eigenvalue weighted by Gasteiger charge is -2.57. The Morgan fingerprint density at radius 1 is 0.653 bits per heavy atom. The van der Waals surface area contributed by atoms with Crippen molar-refractivity contribution in [3.05, 3.63) is 123 Å². The van der Waals surface area contributed by atoms with Gasteiger partial charge in [0, 0.05) is 68.3 Å². The molecule has 4 saturated carbocycles. The molecule has 0 saturated heterocycles. The van der Waals surface area contributed by atoms with Crippen LogP contribution < -0.4 is 22.2 Å². The van der Waals surface area contributed by atoms with E-state index in [0.29, 0.717) is 73.3 Å². The second-order valence-electron chi connectivity index (χ2n) is 23.6. The van der Waals surface area contributed by atoms with Gasteiger partial charge in [0.15, 0.2) is 0 Å². The van der Waals surface area contributed by atoms with Crippen LogP contribution in [0.15, 0.2) is 68.9 Å². The smallest absolute Gasteiger partial charge is 0.410 e. The maximum atomic E-state index is 13.1. The summed E-state index contributed by atoms with van der Waals surface area (Å²) in [5, 5.41) is 33.3. The first kappa shape index (κ1) is 52.0. The molecular weight excluding hydrogens is 993 g/mol. The molecule has 3 amide bonds. The first-order valence-corrected chi connectivity index (χ1v) is 27.7. The number of fused-ring (bicyclic) bond motifs is 4. The van der Waals surface area contributed by atoms with Crippen LogP contribution in [-0.4, -0.2) is 95.7 Å². The van der Waals surface area contributed by atoms with Crippen molar-refractivity contribution in [2.75, 3.05) is 13.1 Å². The van der Waals surface area contributed by atoms with E-state index in [1.165, 1.54) is 24.2 Å². The molecule has 6 heterocycles. The Morgan fingerprint density at radius 3 is 1.49 bits per heavy atom. The maximum absolute atomic E-state index is 13.1. The number of hydrogen-bond acceptors (Lipinski definition) is 13. The van der Waals surface area contributed by atoms with Crippen molar-refractivity contribution in [3.8, 4) is 0 Å². The van der Waals surface area contributed by atoms with Gasteiger partial charge in [-0.25, -0.2) is 24.6 Å². The Labute approximate surface area is 442 Å². The molecule has 4 fully saturated rings. The number of benzene rings is 2. The number of rotatable bonds is 5. The van der Waals surface area contributed by atoms with Gasteiger partial charge < -0.3 is 35.4 Å². The zero-order chi connectivity index (χ0) is 53.2. The average Bonchev–Trinajstić information content (AvgIpc) is 3.95. The molecule has 0 unspecified atom stereocenters. The summed E-state index contributed by atoms with van der Waals surface area (Å²) < 4.78 is 10.8. The number of aromatic carboxylic acids is 1. The normalized spacial score (nSPS) is 24.4. The van der Waals surface area contributed by atoms with Crippen LogP contribution in [0, 0.1) is 10.8 Å². The fourth-order valence-corrected chi connectivity index (χ4v) is 14.5. The van der Waals surface area contributed by atoms with Crippen molar-refractivity contribution in [2.45, 2.75) is 154 Å². The van der Waals surface area contributed by atoms with Gasteiger partial charge >= 0.3 is 18.2 Å². The third-order valence-electron chi connectivity index (χ3n) is 15.7. The molecule has 6 N–H and O–H groups in total. The number of hydrogen-bond donors (Lipinski definition) is 5. The lowest BCUT2D eigenvalue weighted by atomic mass is 9.49. The van der Waals surface area contributed by atoms with E-state index in [-0.39, 0.29) is 40.7 Å². The summed E-state index contributed by atoms with van der Waals surface area (Å²) in [6.07, 6.45) is 9.28. The third kappa shape index (κ3) is 10.9. The van der Waals surface area contributed by atoms with E-state index in [2.05, 4.69) is 25.7 Å². The Balaban J connectivity index is 0.000000142. The second kappa shape index (κ2) is 19.9. The molecule has 6 aromatic rings. The molecular formula is C56H66N8O9S2. The molecule has 0 radical (unpaired) electrons. The number of carbonyl (C=O) groups is 4. The molecule has 12 rings (SSSR count). The highest BCUT2D eigenvalue weighted by Crippen LogP contribution is 2.63. The Bertz CT molecular complexity index is 3300. The van der Waals surface area contributed by atoms with E-state index in [0.717, 1.165) is 92.5 Å². The fraction of sp³-hybridized carbons (Fsp3) is 0.500. The monoisotopic (exact) mass is 1060 g/mol. The Morgan fingerprint density at radius 2 is 1.07 bits per heavy atom.